The lowest BCUT2D eigenvalue weighted by Crippen LogP contribution is -2.44. The van der Waals surface area contributed by atoms with Crippen LogP contribution in [0.2, 0.25) is 0 Å². The number of anilines is 1. The highest BCUT2D eigenvalue weighted by molar-refractivity contribution is 5.95. The minimum absolute atomic E-state index is 0. The molecule has 2 rings (SSSR count). The van der Waals surface area contributed by atoms with E-state index < -0.39 is 12.1 Å². The Morgan fingerprint density at radius 2 is 2.05 bits per heavy atom. The maximum Gasteiger partial charge on any atom is 0.243 e. The van der Waals surface area contributed by atoms with Crippen LogP contribution < -0.4 is 10.6 Å². The summed E-state index contributed by atoms with van der Waals surface area (Å²) < 4.78 is 0. The zero-order valence-electron chi connectivity index (χ0n) is 11.8. The molecule has 1 aromatic rings. The number of halogens is 1. The first-order chi connectivity index (χ1) is 9.56. The number of nitrogens with one attached hydrogen (secondary N) is 2. The molecule has 1 aromatic carbocycles. The monoisotopic (exact) mass is 313 g/mol. The number of aliphatic hydroxyl groups is 1. The van der Waals surface area contributed by atoms with E-state index in [1.807, 2.05) is 18.2 Å². The van der Waals surface area contributed by atoms with Gasteiger partial charge in [-0.2, -0.15) is 0 Å². The molecule has 6 nitrogen and oxygen atoms in total. The van der Waals surface area contributed by atoms with E-state index in [4.69, 9.17) is 0 Å². The van der Waals surface area contributed by atoms with E-state index in [1.165, 1.54) is 4.90 Å². The molecule has 2 atom stereocenters. The Kier molecular flexibility index (Phi) is 6.61. The average Bonchev–Trinajstić information content (AvgIpc) is 2.85. The predicted molar refractivity (Wildman–Crippen MR) is 82.4 cm³/mol. The summed E-state index contributed by atoms with van der Waals surface area (Å²) >= 11 is 0. The van der Waals surface area contributed by atoms with Gasteiger partial charge in [0.1, 0.15) is 0 Å². The number of aliphatic hydroxyl groups excluding tert-OH is 1. The van der Waals surface area contributed by atoms with Gasteiger partial charge in [-0.3, -0.25) is 9.59 Å². The minimum Gasteiger partial charge on any atom is -0.392 e. The molecule has 0 saturated carbocycles. The van der Waals surface area contributed by atoms with Crippen LogP contribution in [0.5, 0.6) is 0 Å². The highest BCUT2D eigenvalue weighted by Crippen LogP contribution is 2.09. The molecule has 21 heavy (non-hydrogen) atoms. The Balaban J connectivity index is 0.00000220. The second-order valence-corrected chi connectivity index (χ2v) is 4.96. The van der Waals surface area contributed by atoms with E-state index >= 15 is 0 Å². The molecule has 1 aliphatic heterocycles. The Bertz CT molecular complexity index is 484. The summed E-state index contributed by atoms with van der Waals surface area (Å²) in [6, 6.07) is 8.69. The molecule has 7 heteroatoms. The Labute approximate surface area is 129 Å². The lowest BCUT2D eigenvalue weighted by atomic mass is 10.2. The van der Waals surface area contributed by atoms with E-state index in [-0.39, 0.29) is 30.8 Å². The molecule has 0 bridgehead atoms. The van der Waals surface area contributed by atoms with Gasteiger partial charge in [0.2, 0.25) is 11.8 Å². The van der Waals surface area contributed by atoms with Crippen molar-refractivity contribution in [2.75, 3.05) is 25.5 Å². The van der Waals surface area contributed by atoms with Gasteiger partial charge in [-0.15, -0.1) is 12.4 Å². The summed E-state index contributed by atoms with van der Waals surface area (Å²) in [4.78, 5) is 25.3. The average molecular weight is 314 g/mol. The first-order valence-electron chi connectivity index (χ1n) is 6.57. The predicted octanol–water partition coefficient (Wildman–Crippen LogP) is 0.228. The number of carbonyl (C=O) groups excluding carboxylic acids is 2. The van der Waals surface area contributed by atoms with Crippen LogP contribution in [0.1, 0.15) is 6.42 Å². The number of carbonyl (C=O) groups is 2. The SMILES string of the molecule is CN(CC(=O)Nc1ccccc1)C(=O)C1CC(O)CN1.Cl. The van der Waals surface area contributed by atoms with Gasteiger partial charge in [0.05, 0.1) is 18.7 Å². The number of nitrogens with zero attached hydrogens (tertiary/aromatic N) is 1. The van der Waals surface area contributed by atoms with Crippen LogP contribution in [0.15, 0.2) is 30.3 Å². The van der Waals surface area contributed by atoms with E-state index in [2.05, 4.69) is 10.6 Å². The first-order valence-corrected chi connectivity index (χ1v) is 6.57. The fraction of sp³-hybridized carbons (Fsp3) is 0.429. The molecule has 0 aliphatic carbocycles. The molecule has 0 spiro atoms. The van der Waals surface area contributed by atoms with Crippen molar-refractivity contribution in [1.82, 2.24) is 10.2 Å². The van der Waals surface area contributed by atoms with Crippen molar-refractivity contribution in [2.45, 2.75) is 18.6 Å². The van der Waals surface area contributed by atoms with Crippen LogP contribution in [0.4, 0.5) is 5.69 Å². The lowest BCUT2D eigenvalue weighted by Gasteiger charge is -2.20. The van der Waals surface area contributed by atoms with Crippen molar-refractivity contribution in [2.24, 2.45) is 0 Å². The maximum atomic E-state index is 12.1. The Morgan fingerprint density at radius 3 is 2.62 bits per heavy atom. The van der Waals surface area contributed by atoms with Crippen LogP contribution in [-0.4, -0.2) is 54.1 Å². The number of benzene rings is 1. The van der Waals surface area contributed by atoms with Gasteiger partial charge >= 0.3 is 0 Å². The van der Waals surface area contributed by atoms with Crippen molar-refractivity contribution < 1.29 is 14.7 Å². The summed E-state index contributed by atoms with van der Waals surface area (Å²) in [7, 11) is 1.58. The van der Waals surface area contributed by atoms with Gasteiger partial charge < -0.3 is 20.6 Å². The number of hydrogen-bond acceptors (Lipinski definition) is 4. The minimum atomic E-state index is -0.490. The summed E-state index contributed by atoms with van der Waals surface area (Å²) in [5, 5.41) is 15.1. The van der Waals surface area contributed by atoms with Crippen LogP contribution in [0, 0.1) is 0 Å². The third-order valence-corrected chi connectivity index (χ3v) is 3.22. The number of para-hydroxylation sites is 1. The van der Waals surface area contributed by atoms with Crippen molar-refractivity contribution in [3.63, 3.8) is 0 Å². The second kappa shape index (κ2) is 7.97. The molecular weight excluding hydrogens is 294 g/mol. The largest absolute Gasteiger partial charge is 0.392 e. The molecular formula is C14H20ClN3O3. The van der Waals surface area contributed by atoms with Gasteiger partial charge in [0.15, 0.2) is 0 Å². The third kappa shape index (κ3) is 5.00. The molecule has 1 aliphatic rings. The third-order valence-electron chi connectivity index (χ3n) is 3.22. The van der Waals surface area contributed by atoms with Gasteiger partial charge in [-0.1, -0.05) is 18.2 Å². The molecule has 1 heterocycles. The fourth-order valence-electron chi connectivity index (χ4n) is 2.19. The standard InChI is InChI=1S/C14H19N3O3.ClH/c1-17(14(20)12-7-11(18)8-15-12)9-13(19)16-10-5-3-2-4-6-10;/h2-6,11-12,15,18H,7-9H2,1H3,(H,16,19);1H. The first kappa shape index (κ1) is 17.4. The Morgan fingerprint density at radius 1 is 1.38 bits per heavy atom. The number of amides is 2. The molecule has 2 unspecified atom stereocenters. The van der Waals surface area contributed by atoms with Crippen LogP contribution in [-0.2, 0) is 9.59 Å². The summed E-state index contributed by atoms with van der Waals surface area (Å²) in [5.41, 5.74) is 0.702. The number of β-amino-alcohol motifs (C(OH)–C–C–N with tert-alkyl or cyclic N) is 1. The van der Waals surface area contributed by atoms with E-state index in [0.717, 1.165) is 0 Å². The molecule has 1 saturated heterocycles. The van der Waals surface area contributed by atoms with Gasteiger partial charge in [-0.05, 0) is 18.6 Å². The highest BCUT2D eigenvalue weighted by Gasteiger charge is 2.30. The van der Waals surface area contributed by atoms with Crippen LogP contribution >= 0.6 is 12.4 Å². The normalized spacial score (nSPS) is 20.5. The number of likely N-dealkylation sites (N-methyl/N-ethyl adjacent to an activating group) is 1. The quantitative estimate of drug-likeness (QED) is 0.743. The molecule has 116 valence electrons. The second-order valence-electron chi connectivity index (χ2n) is 4.96. The number of hydrogen-bond donors (Lipinski definition) is 3. The zero-order valence-corrected chi connectivity index (χ0v) is 12.6. The number of rotatable bonds is 4. The molecule has 2 amide bonds. The summed E-state index contributed by atoms with van der Waals surface area (Å²) in [6.45, 7) is 0.405. The van der Waals surface area contributed by atoms with Gasteiger partial charge in [0, 0.05) is 19.3 Å². The smallest absolute Gasteiger partial charge is 0.243 e. The molecule has 1 fully saturated rings. The molecule has 0 aromatic heterocycles. The van der Waals surface area contributed by atoms with Crippen molar-refractivity contribution >= 4 is 29.9 Å². The van der Waals surface area contributed by atoms with E-state index in [9.17, 15) is 14.7 Å². The molecule has 0 radical (unpaired) electrons. The van der Waals surface area contributed by atoms with E-state index in [1.54, 1.807) is 19.2 Å². The van der Waals surface area contributed by atoms with Crippen molar-refractivity contribution in [3.8, 4) is 0 Å². The van der Waals surface area contributed by atoms with Crippen LogP contribution in [0.3, 0.4) is 0 Å². The topological polar surface area (TPSA) is 81.7 Å². The van der Waals surface area contributed by atoms with Crippen molar-refractivity contribution in [3.05, 3.63) is 30.3 Å². The van der Waals surface area contributed by atoms with Crippen LogP contribution in [0.25, 0.3) is 0 Å². The zero-order chi connectivity index (χ0) is 14.5. The fourth-order valence-corrected chi connectivity index (χ4v) is 2.19. The maximum absolute atomic E-state index is 12.1. The summed E-state index contributed by atoms with van der Waals surface area (Å²) in [5.74, 6) is -0.421. The highest BCUT2D eigenvalue weighted by atomic mass is 35.5. The van der Waals surface area contributed by atoms with E-state index in [0.29, 0.717) is 18.7 Å². The molecule has 3 N–H and O–H groups in total. The van der Waals surface area contributed by atoms with Gasteiger partial charge in [-0.25, -0.2) is 0 Å². The lowest BCUT2D eigenvalue weighted by molar-refractivity contribution is -0.134. The Hall–Kier alpha value is -1.63. The summed E-state index contributed by atoms with van der Waals surface area (Å²) in [6.07, 6.45) is -0.0979. The van der Waals surface area contributed by atoms with Gasteiger partial charge in [0.25, 0.3) is 0 Å². The van der Waals surface area contributed by atoms with Crippen molar-refractivity contribution in [1.29, 1.82) is 0 Å².